The zero-order chi connectivity index (χ0) is 9.84. The maximum absolute atomic E-state index is 12.3. The number of hydrogen-bond donors (Lipinski definition) is 0. The van der Waals surface area contributed by atoms with E-state index >= 15 is 0 Å². The number of nitrogens with zero attached hydrogens (tertiary/aromatic N) is 1. The minimum atomic E-state index is -0.480. The van der Waals surface area contributed by atoms with E-state index in [1.165, 1.54) is 0 Å². The Kier molecular flexibility index (Phi) is 3.44. The van der Waals surface area contributed by atoms with Gasteiger partial charge in [-0.1, -0.05) is 13.0 Å². The van der Waals surface area contributed by atoms with E-state index in [0.29, 0.717) is 11.5 Å². The summed E-state index contributed by atoms with van der Waals surface area (Å²) in [6, 6.07) is 7.26. The number of nitriles is 1. The Hall–Kier alpha value is -0.880. The lowest BCUT2D eigenvalue weighted by atomic mass is 10.0. The molecule has 0 saturated heterocycles. The second kappa shape index (κ2) is 4.38. The van der Waals surface area contributed by atoms with Gasteiger partial charge in [0.2, 0.25) is 0 Å². The van der Waals surface area contributed by atoms with Gasteiger partial charge in [0, 0.05) is 10.4 Å². The molecule has 0 spiro atoms. The largest absolute Gasteiger partial charge is 0.250 e. The third kappa shape index (κ3) is 2.28. The van der Waals surface area contributed by atoms with Crippen molar-refractivity contribution < 1.29 is 4.39 Å². The van der Waals surface area contributed by atoms with Crippen molar-refractivity contribution in [3.63, 3.8) is 0 Å². The van der Waals surface area contributed by atoms with Gasteiger partial charge < -0.3 is 0 Å². The van der Waals surface area contributed by atoms with Crippen LogP contribution in [0.5, 0.6) is 0 Å². The summed E-state index contributed by atoms with van der Waals surface area (Å²) in [6.07, 6.45) is 0. The molecular formula is C10H8BrFN. The van der Waals surface area contributed by atoms with Crippen LogP contribution >= 0.6 is 15.9 Å². The van der Waals surface area contributed by atoms with Crippen molar-refractivity contribution in [1.29, 1.82) is 5.26 Å². The zero-order valence-electron chi connectivity index (χ0n) is 7.14. The number of alkyl halides is 1. The maximum atomic E-state index is 12.3. The van der Waals surface area contributed by atoms with E-state index in [1.807, 2.05) is 6.07 Å². The molecule has 1 rings (SSSR count). The Labute approximate surface area is 85.3 Å². The predicted molar refractivity (Wildman–Crippen MR) is 52.9 cm³/mol. The first-order chi connectivity index (χ1) is 6.19. The average molecular weight is 241 g/mol. The molecule has 0 heterocycles. The Morgan fingerprint density at radius 3 is 2.85 bits per heavy atom. The quantitative estimate of drug-likeness (QED) is 0.779. The van der Waals surface area contributed by atoms with Gasteiger partial charge in [-0.3, -0.25) is 4.39 Å². The standard InChI is InChI=1S/C10H8BrFN/c1-7(5-12)8-2-3-10(11)9(4-8)6-13/h2-4H,5H2,1H3. The van der Waals surface area contributed by atoms with E-state index in [2.05, 4.69) is 15.9 Å². The molecule has 0 amide bonds. The first kappa shape index (κ1) is 10.2. The molecule has 0 aliphatic carbocycles. The molecule has 0 aliphatic heterocycles. The van der Waals surface area contributed by atoms with Crippen LogP contribution in [-0.2, 0) is 0 Å². The van der Waals surface area contributed by atoms with E-state index in [1.54, 1.807) is 25.1 Å². The van der Waals surface area contributed by atoms with E-state index in [4.69, 9.17) is 5.26 Å². The SMILES string of the molecule is C[C](CF)c1ccc(Br)c(C#N)c1. The van der Waals surface area contributed by atoms with Gasteiger partial charge in [0.1, 0.15) is 6.07 Å². The molecule has 1 nitrogen and oxygen atoms in total. The molecule has 1 aromatic carbocycles. The van der Waals surface area contributed by atoms with Gasteiger partial charge in [0.25, 0.3) is 0 Å². The number of halogens is 2. The van der Waals surface area contributed by atoms with Gasteiger partial charge >= 0.3 is 0 Å². The highest BCUT2D eigenvalue weighted by Gasteiger charge is 2.07. The second-order valence-corrected chi connectivity index (χ2v) is 3.57. The highest BCUT2D eigenvalue weighted by atomic mass is 79.9. The molecule has 0 bridgehead atoms. The third-order valence-corrected chi connectivity index (χ3v) is 2.47. The summed E-state index contributed by atoms with van der Waals surface area (Å²) in [4.78, 5) is 0. The summed E-state index contributed by atoms with van der Waals surface area (Å²) in [5.74, 6) is 0.643. The summed E-state index contributed by atoms with van der Waals surface area (Å²) in [6.45, 7) is 1.23. The minimum Gasteiger partial charge on any atom is -0.250 e. The van der Waals surface area contributed by atoms with Crippen molar-refractivity contribution in [2.75, 3.05) is 6.67 Å². The molecule has 0 aromatic heterocycles. The van der Waals surface area contributed by atoms with Crippen LogP contribution in [0.4, 0.5) is 4.39 Å². The van der Waals surface area contributed by atoms with Crippen LogP contribution < -0.4 is 0 Å². The highest BCUT2D eigenvalue weighted by molar-refractivity contribution is 9.10. The molecule has 1 radical (unpaired) electrons. The first-order valence-electron chi connectivity index (χ1n) is 3.77. The van der Waals surface area contributed by atoms with Gasteiger partial charge in [-0.15, -0.1) is 0 Å². The predicted octanol–water partition coefficient (Wildman–Crippen LogP) is 3.23. The zero-order valence-corrected chi connectivity index (χ0v) is 8.73. The van der Waals surface area contributed by atoms with Gasteiger partial charge in [0.05, 0.1) is 12.2 Å². The molecular weight excluding hydrogens is 233 g/mol. The Morgan fingerprint density at radius 2 is 2.31 bits per heavy atom. The van der Waals surface area contributed by atoms with Crippen LogP contribution in [0.25, 0.3) is 0 Å². The van der Waals surface area contributed by atoms with Crippen molar-refractivity contribution >= 4 is 15.9 Å². The lowest BCUT2D eigenvalue weighted by Gasteiger charge is -2.06. The van der Waals surface area contributed by atoms with Crippen LogP contribution in [0, 0.1) is 17.2 Å². The molecule has 0 aliphatic rings. The molecule has 13 heavy (non-hydrogen) atoms. The fraction of sp³-hybridized carbons (Fsp3) is 0.200. The van der Waals surface area contributed by atoms with Crippen molar-refractivity contribution in [3.05, 3.63) is 39.7 Å². The summed E-state index contributed by atoms with van der Waals surface area (Å²) in [5, 5.41) is 8.71. The van der Waals surface area contributed by atoms with E-state index in [0.717, 1.165) is 10.0 Å². The van der Waals surface area contributed by atoms with Crippen LogP contribution in [0.15, 0.2) is 22.7 Å². The number of rotatable bonds is 2. The van der Waals surface area contributed by atoms with Crippen molar-refractivity contribution in [3.8, 4) is 6.07 Å². The normalized spacial score (nSPS) is 10.1. The van der Waals surface area contributed by atoms with Gasteiger partial charge in [-0.2, -0.15) is 5.26 Å². The number of hydrogen-bond acceptors (Lipinski definition) is 1. The number of benzene rings is 1. The first-order valence-corrected chi connectivity index (χ1v) is 4.56. The monoisotopic (exact) mass is 240 g/mol. The van der Waals surface area contributed by atoms with Gasteiger partial charge in [-0.25, -0.2) is 0 Å². The summed E-state index contributed by atoms with van der Waals surface area (Å²) < 4.78 is 13.0. The smallest absolute Gasteiger partial charge is 0.100 e. The van der Waals surface area contributed by atoms with E-state index in [9.17, 15) is 4.39 Å². The van der Waals surface area contributed by atoms with Crippen LogP contribution in [0.3, 0.4) is 0 Å². The third-order valence-electron chi connectivity index (χ3n) is 1.78. The van der Waals surface area contributed by atoms with Crippen LogP contribution in [-0.4, -0.2) is 6.67 Å². The van der Waals surface area contributed by atoms with E-state index < -0.39 is 6.67 Å². The molecule has 0 atom stereocenters. The molecule has 3 heteroatoms. The topological polar surface area (TPSA) is 23.8 Å². The van der Waals surface area contributed by atoms with E-state index in [-0.39, 0.29) is 0 Å². The molecule has 0 unspecified atom stereocenters. The second-order valence-electron chi connectivity index (χ2n) is 2.72. The van der Waals surface area contributed by atoms with Gasteiger partial charge in [-0.05, 0) is 33.6 Å². The lowest BCUT2D eigenvalue weighted by Crippen LogP contribution is -1.97. The average Bonchev–Trinajstić information content (AvgIpc) is 2.17. The van der Waals surface area contributed by atoms with Crippen molar-refractivity contribution in [1.82, 2.24) is 0 Å². The molecule has 0 fully saturated rings. The van der Waals surface area contributed by atoms with Crippen LogP contribution in [0.1, 0.15) is 18.1 Å². The summed E-state index contributed by atoms with van der Waals surface area (Å²) in [5.41, 5.74) is 1.31. The Morgan fingerprint density at radius 1 is 1.62 bits per heavy atom. The van der Waals surface area contributed by atoms with Crippen molar-refractivity contribution in [2.45, 2.75) is 6.92 Å². The molecule has 0 saturated carbocycles. The molecule has 1 aromatic rings. The molecule has 0 N–H and O–H groups in total. The Balaban J connectivity index is 3.08. The van der Waals surface area contributed by atoms with Crippen molar-refractivity contribution in [2.24, 2.45) is 0 Å². The summed E-state index contributed by atoms with van der Waals surface area (Å²) in [7, 11) is 0. The minimum absolute atomic E-state index is 0.480. The molecule has 67 valence electrons. The fourth-order valence-corrected chi connectivity index (χ4v) is 1.29. The summed E-state index contributed by atoms with van der Waals surface area (Å²) >= 11 is 3.24. The van der Waals surface area contributed by atoms with Gasteiger partial charge in [0.15, 0.2) is 0 Å². The highest BCUT2D eigenvalue weighted by Crippen LogP contribution is 2.22. The fourth-order valence-electron chi connectivity index (χ4n) is 0.954. The lowest BCUT2D eigenvalue weighted by molar-refractivity contribution is 0.516. The Bertz CT molecular complexity index is 343. The van der Waals surface area contributed by atoms with Crippen LogP contribution in [0.2, 0.25) is 0 Å². The maximum Gasteiger partial charge on any atom is 0.100 e.